The van der Waals surface area contributed by atoms with Gasteiger partial charge in [0.25, 0.3) is 0 Å². The second kappa shape index (κ2) is 7.29. The van der Waals surface area contributed by atoms with E-state index in [0.717, 1.165) is 51.5 Å². The molecule has 2 aliphatic rings. The van der Waals surface area contributed by atoms with Crippen LogP contribution in [0, 0.1) is 5.92 Å². The Morgan fingerprint density at radius 1 is 1.39 bits per heavy atom. The molecule has 0 radical (unpaired) electrons. The summed E-state index contributed by atoms with van der Waals surface area (Å²) in [4.78, 5) is 29.0. The van der Waals surface area contributed by atoms with Gasteiger partial charge in [-0.1, -0.05) is 13.3 Å². The number of amides is 1. The van der Waals surface area contributed by atoms with Crippen molar-refractivity contribution in [1.29, 1.82) is 0 Å². The van der Waals surface area contributed by atoms with Crippen LogP contribution in [0.4, 0.5) is 0 Å². The molecule has 7 heteroatoms. The van der Waals surface area contributed by atoms with Crippen molar-refractivity contribution in [3.8, 4) is 0 Å². The molecule has 3 heterocycles. The summed E-state index contributed by atoms with van der Waals surface area (Å²) in [5, 5.41) is 6.46. The van der Waals surface area contributed by atoms with E-state index in [1.165, 1.54) is 0 Å². The Balaban J connectivity index is 1.72. The largest absolute Gasteiger partial charge is 0.378 e. The highest BCUT2D eigenvalue weighted by Crippen LogP contribution is 2.32. The van der Waals surface area contributed by atoms with Crippen LogP contribution >= 0.6 is 0 Å². The van der Waals surface area contributed by atoms with Crippen molar-refractivity contribution in [3.63, 3.8) is 0 Å². The topological polar surface area (TPSA) is 91.1 Å². The zero-order valence-corrected chi connectivity index (χ0v) is 13.7. The number of nitrogens with zero attached hydrogens (tertiary/aromatic N) is 2. The summed E-state index contributed by atoms with van der Waals surface area (Å²) in [6.45, 7) is 3.55. The molecular formula is C16H26N4O3. The van der Waals surface area contributed by atoms with Gasteiger partial charge in [0.15, 0.2) is 5.82 Å². The number of carbonyl (C=O) groups is 1. The van der Waals surface area contributed by atoms with Crippen LogP contribution in [0.15, 0.2) is 4.79 Å². The summed E-state index contributed by atoms with van der Waals surface area (Å²) < 4.78 is 5.77. The van der Waals surface area contributed by atoms with E-state index in [4.69, 9.17) is 4.74 Å². The third-order valence-corrected chi connectivity index (χ3v) is 4.95. The van der Waals surface area contributed by atoms with Crippen molar-refractivity contribution in [2.75, 3.05) is 13.2 Å². The molecular weight excluding hydrogens is 296 g/mol. The normalized spacial score (nSPS) is 28.7. The van der Waals surface area contributed by atoms with Crippen LogP contribution in [0.1, 0.15) is 63.7 Å². The van der Waals surface area contributed by atoms with E-state index in [2.05, 4.69) is 22.1 Å². The first-order chi connectivity index (χ1) is 11.2. The highest BCUT2D eigenvalue weighted by molar-refractivity contribution is 5.79. The Morgan fingerprint density at radius 3 is 3.00 bits per heavy atom. The van der Waals surface area contributed by atoms with Gasteiger partial charge in [0.05, 0.1) is 12.1 Å². The van der Waals surface area contributed by atoms with Crippen LogP contribution < -0.4 is 5.69 Å². The van der Waals surface area contributed by atoms with Gasteiger partial charge in [0, 0.05) is 19.1 Å². The number of ether oxygens (including phenoxy) is 1. The summed E-state index contributed by atoms with van der Waals surface area (Å²) in [5.74, 6) is 0.815. The second-order valence-corrected chi connectivity index (χ2v) is 6.61. The van der Waals surface area contributed by atoms with Crippen molar-refractivity contribution in [3.05, 3.63) is 16.3 Å². The molecule has 2 saturated heterocycles. The molecule has 0 spiro atoms. The SMILES string of the molecule is CCCC1CC(C(=O)N2CCCCC2c2n[nH]c(=O)[nH]2)CCO1. The lowest BCUT2D eigenvalue weighted by molar-refractivity contribution is -0.145. The second-order valence-electron chi connectivity index (χ2n) is 6.61. The first kappa shape index (κ1) is 16.2. The number of H-pyrrole nitrogens is 2. The quantitative estimate of drug-likeness (QED) is 0.883. The smallest absolute Gasteiger partial charge is 0.340 e. The van der Waals surface area contributed by atoms with Crippen molar-refractivity contribution in [2.45, 2.75) is 64.0 Å². The van der Waals surface area contributed by atoms with Gasteiger partial charge in [-0.25, -0.2) is 9.89 Å². The maximum absolute atomic E-state index is 13.0. The maximum Gasteiger partial charge on any atom is 0.340 e. The van der Waals surface area contributed by atoms with Gasteiger partial charge in [-0.05, 0) is 38.5 Å². The number of likely N-dealkylation sites (tertiary alicyclic amines) is 1. The fourth-order valence-electron chi connectivity index (χ4n) is 3.78. The van der Waals surface area contributed by atoms with E-state index in [1.807, 2.05) is 4.90 Å². The number of hydrogen-bond donors (Lipinski definition) is 2. The van der Waals surface area contributed by atoms with Gasteiger partial charge in [-0.2, -0.15) is 5.10 Å². The molecule has 3 rings (SSSR count). The monoisotopic (exact) mass is 322 g/mol. The first-order valence-corrected chi connectivity index (χ1v) is 8.75. The van der Waals surface area contributed by atoms with Crippen LogP contribution in [0.25, 0.3) is 0 Å². The number of rotatable bonds is 4. The summed E-state index contributed by atoms with van der Waals surface area (Å²) in [7, 11) is 0. The number of aromatic nitrogens is 3. The van der Waals surface area contributed by atoms with E-state index in [9.17, 15) is 9.59 Å². The number of nitrogens with one attached hydrogen (secondary N) is 2. The highest BCUT2D eigenvalue weighted by Gasteiger charge is 2.36. The fourth-order valence-corrected chi connectivity index (χ4v) is 3.78. The first-order valence-electron chi connectivity index (χ1n) is 8.75. The number of aromatic amines is 2. The number of hydrogen-bond acceptors (Lipinski definition) is 4. The molecule has 3 unspecified atom stereocenters. The van der Waals surface area contributed by atoms with Crippen LogP contribution in [-0.2, 0) is 9.53 Å². The maximum atomic E-state index is 13.0. The lowest BCUT2D eigenvalue weighted by Gasteiger charge is -2.38. The summed E-state index contributed by atoms with van der Waals surface area (Å²) in [6.07, 6.45) is 6.82. The summed E-state index contributed by atoms with van der Waals surface area (Å²) in [6, 6.07) is -0.109. The van der Waals surface area contributed by atoms with E-state index in [-0.39, 0.29) is 29.7 Å². The molecule has 23 heavy (non-hydrogen) atoms. The van der Waals surface area contributed by atoms with Crippen LogP contribution in [0.5, 0.6) is 0 Å². The van der Waals surface area contributed by atoms with Crippen molar-refractivity contribution in [1.82, 2.24) is 20.1 Å². The highest BCUT2D eigenvalue weighted by atomic mass is 16.5. The molecule has 3 atom stereocenters. The lowest BCUT2D eigenvalue weighted by atomic mass is 9.90. The van der Waals surface area contributed by atoms with Crippen molar-refractivity contribution < 1.29 is 9.53 Å². The van der Waals surface area contributed by atoms with Gasteiger partial charge >= 0.3 is 5.69 Å². The summed E-state index contributed by atoms with van der Waals surface area (Å²) in [5.41, 5.74) is -0.313. The third-order valence-electron chi connectivity index (χ3n) is 4.95. The predicted molar refractivity (Wildman–Crippen MR) is 84.9 cm³/mol. The van der Waals surface area contributed by atoms with Crippen molar-refractivity contribution >= 4 is 5.91 Å². The minimum Gasteiger partial charge on any atom is -0.378 e. The molecule has 2 N–H and O–H groups in total. The van der Waals surface area contributed by atoms with Gasteiger partial charge < -0.3 is 9.64 Å². The molecule has 0 aliphatic carbocycles. The predicted octanol–water partition coefficient (Wildman–Crippen LogP) is 1.75. The molecule has 7 nitrogen and oxygen atoms in total. The molecule has 1 amide bonds. The zero-order chi connectivity index (χ0) is 16.2. The minimum absolute atomic E-state index is 0.0339. The average molecular weight is 322 g/mol. The Bertz CT molecular complexity index is 580. The number of piperidine rings is 1. The van der Waals surface area contributed by atoms with Crippen molar-refractivity contribution in [2.24, 2.45) is 5.92 Å². The minimum atomic E-state index is -0.313. The molecule has 1 aromatic rings. The fraction of sp³-hybridized carbons (Fsp3) is 0.812. The van der Waals surface area contributed by atoms with Crippen LogP contribution in [0.2, 0.25) is 0 Å². The molecule has 0 saturated carbocycles. The standard InChI is InChI=1S/C16H26N4O3/c1-2-5-12-10-11(7-9-23-12)15(21)20-8-4-3-6-13(20)14-17-16(22)19-18-14/h11-13H,2-10H2,1H3,(H2,17,18,19,22). The third kappa shape index (κ3) is 3.65. The van der Waals surface area contributed by atoms with E-state index >= 15 is 0 Å². The molecule has 2 fully saturated rings. The molecule has 1 aromatic heterocycles. The summed E-state index contributed by atoms with van der Waals surface area (Å²) >= 11 is 0. The van der Waals surface area contributed by atoms with Gasteiger partial charge in [-0.3, -0.25) is 9.78 Å². The van der Waals surface area contributed by atoms with E-state index in [0.29, 0.717) is 12.4 Å². The van der Waals surface area contributed by atoms with Crippen LogP contribution in [0.3, 0.4) is 0 Å². The van der Waals surface area contributed by atoms with Gasteiger partial charge in [-0.15, -0.1) is 0 Å². The molecule has 128 valence electrons. The Labute approximate surface area is 135 Å². The molecule has 0 bridgehead atoms. The zero-order valence-electron chi connectivity index (χ0n) is 13.7. The average Bonchev–Trinajstić information content (AvgIpc) is 3.01. The van der Waals surface area contributed by atoms with E-state index in [1.54, 1.807) is 0 Å². The Morgan fingerprint density at radius 2 is 2.26 bits per heavy atom. The van der Waals surface area contributed by atoms with E-state index < -0.39 is 0 Å². The Kier molecular flexibility index (Phi) is 5.15. The van der Waals surface area contributed by atoms with Crippen LogP contribution in [-0.4, -0.2) is 45.2 Å². The Hall–Kier alpha value is -1.63. The lowest BCUT2D eigenvalue weighted by Crippen LogP contribution is -2.44. The van der Waals surface area contributed by atoms with Gasteiger partial charge in [0.1, 0.15) is 0 Å². The molecule has 0 aromatic carbocycles. The molecule has 2 aliphatic heterocycles. The van der Waals surface area contributed by atoms with Gasteiger partial charge in [0.2, 0.25) is 5.91 Å². The number of carbonyl (C=O) groups excluding carboxylic acids is 1.